The van der Waals surface area contributed by atoms with Crippen LogP contribution in [-0.2, 0) is 0 Å². The van der Waals surface area contributed by atoms with E-state index in [1.165, 1.54) is 0 Å². The summed E-state index contributed by atoms with van der Waals surface area (Å²) < 4.78 is 5.41. The maximum absolute atomic E-state index is 12.0. The first-order valence-electron chi connectivity index (χ1n) is 6.29. The van der Waals surface area contributed by atoms with Crippen LogP contribution in [0.2, 0.25) is 0 Å². The fourth-order valence-corrected chi connectivity index (χ4v) is 2.36. The van der Waals surface area contributed by atoms with Gasteiger partial charge in [0.25, 0.3) is 0 Å². The van der Waals surface area contributed by atoms with Crippen molar-refractivity contribution in [3.05, 3.63) is 52.9 Å². The molecule has 0 spiro atoms. The van der Waals surface area contributed by atoms with Gasteiger partial charge in [-0.3, -0.25) is 0 Å². The molecule has 0 radical (unpaired) electrons. The third-order valence-corrected chi connectivity index (χ3v) is 3.31. The molecule has 1 aliphatic heterocycles. The van der Waals surface area contributed by atoms with E-state index < -0.39 is 0 Å². The molecule has 0 atom stereocenters. The van der Waals surface area contributed by atoms with E-state index in [1.807, 2.05) is 42.5 Å². The number of anilines is 1. The summed E-state index contributed by atoms with van der Waals surface area (Å²) in [4.78, 5) is 14.1. The van der Waals surface area contributed by atoms with Crippen molar-refractivity contribution in [2.24, 2.45) is 0 Å². The Morgan fingerprint density at radius 3 is 2.33 bits per heavy atom. The Labute approximate surface area is 106 Å². The highest BCUT2D eigenvalue weighted by Gasteiger charge is 2.16. The fourth-order valence-electron chi connectivity index (χ4n) is 2.36. The highest BCUT2D eigenvalue weighted by molar-refractivity contribution is 5.59. The minimum atomic E-state index is -0.238. The first kappa shape index (κ1) is 11.1. The third kappa shape index (κ3) is 2.04. The van der Waals surface area contributed by atoms with Gasteiger partial charge in [-0.1, -0.05) is 30.3 Å². The number of hydrogen-bond donors (Lipinski definition) is 0. The molecule has 0 saturated carbocycles. The Bertz CT molecular complexity index is 583. The average molecular weight is 241 g/mol. The summed E-state index contributed by atoms with van der Waals surface area (Å²) in [7, 11) is 0. The van der Waals surface area contributed by atoms with E-state index in [4.69, 9.17) is 4.42 Å². The standard InChI is InChI=1S/C15H15NO2/c17-15-13(16-10-4-5-11-16)8-9-14(18-15)12-6-2-1-3-7-12/h1-3,6-9H,4-5,10-11H2. The normalized spacial score (nSPS) is 15.0. The Hall–Kier alpha value is -2.03. The molecule has 0 unspecified atom stereocenters. The maximum atomic E-state index is 12.0. The lowest BCUT2D eigenvalue weighted by molar-refractivity contribution is 0.524. The average Bonchev–Trinajstić information content (AvgIpc) is 2.93. The van der Waals surface area contributed by atoms with Crippen molar-refractivity contribution in [2.75, 3.05) is 18.0 Å². The number of nitrogens with zero attached hydrogens (tertiary/aromatic N) is 1. The minimum Gasteiger partial charge on any atom is -0.421 e. The largest absolute Gasteiger partial charge is 0.421 e. The molecule has 0 N–H and O–H groups in total. The summed E-state index contributed by atoms with van der Waals surface area (Å²) in [6, 6.07) is 13.4. The second-order valence-electron chi connectivity index (χ2n) is 4.53. The molecule has 1 saturated heterocycles. The van der Waals surface area contributed by atoms with Crippen LogP contribution in [0.1, 0.15) is 12.8 Å². The van der Waals surface area contributed by atoms with E-state index in [0.717, 1.165) is 31.5 Å². The Balaban J connectivity index is 1.96. The van der Waals surface area contributed by atoms with Crippen molar-refractivity contribution in [3.63, 3.8) is 0 Å². The fraction of sp³-hybridized carbons (Fsp3) is 0.267. The molecule has 2 aromatic rings. The van der Waals surface area contributed by atoms with Crippen molar-refractivity contribution in [1.29, 1.82) is 0 Å². The molecule has 3 rings (SSSR count). The third-order valence-electron chi connectivity index (χ3n) is 3.31. The van der Waals surface area contributed by atoms with Crippen LogP contribution in [0, 0.1) is 0 Å². The van der Waals surface area contributed by atoms with Gasteiger partial charge < -0.3 is 9.32 Å². The van der Waals surface area contributed by atoms with Gasteiger partial charge in [0.2, 0.25) is 0 Å². The minimum absolute atomic E-state index is 0.238. The summed E-state index contributed by atoms with van der Waals surface area (Å²) in [5.74, 6) is 0.628. The first-order valence-corrected chi connectivity index (χ1v) is 6.29. The molecular weight excluding hydrogens is 226 g/mol. The number of rotatable bonds is 2. The molecule has 1 fully saturated rings. The predicted octanol–water partition coefficient (Wildman–Crippen LogP) is 2.91. The van der Waals surface area contributed by atoms with E-state index in [2.05, 4.69) is 4.90 Å². The number of hydrogen-bond acceptors (Lipinski definition) is 3. The van der Waals surface area contributed by atoms with Crippen LogP contribution in [0.15, 0.2) is 51.7 Å². The lowest BCUT2D eigenvalue weighted by Crippen LogP contribution is -2.23. The summed E-state index contributed by atoms with van der Waals surface area (Å²) in [6.07, 6.45) is 2.31. The Morgan fingerprint density at radius 1 is 0.944 bits per heavy atom. The quantitative estimate of drug-likeness (QED) is 0.810. The molecule has 1 aromatic heterocycles. The van der Waals surface area contributed by atoms with Crippen molar-refractivity contribution in [1.82, 2.24) is 0 Å². The van der Waals surface area contributed by atoms with Crippen molar-refractivity contribution in [3.8, 4) is 11.3 Å². The zero-order valence-corrected chi connectivity index (χ0v) is 10.1. The van der Waals surface area contributed by atoms with Gasteiger partial charge in [0.1, 0.15) is 11.4 Å². The van der Waals surface area contributed by atoms with E-state index >= 15 is 0 Å². The maximum Gasteiger partial charge on any atom is 0.360 e. The van der Waals surface area contributed by atoms with E-state index in [0.29, 0.717) is 11.4 Å². The van der Waals surface area contributed by atoms with Crippen LogP contribution in [0.3, 0.4) is 0 Å². The van der Waals surface area contributed by atoms with Gasteiger partial charge in [-0.25, -0.2) is 4.79 Å². The highest BCUT2D eigenvalue weighted by Crippen LogP contribution is 2.21. The van der Waals surface area contributed by atoms with E-state index in [9.17, 15) is 4.79 Å². The summed E-state index contributed by atoms with van der Waals surface area (Å²) in [6.45, 7) is 1.91. The van der Waals surface area contributed by atoms with Gasteiger partial charge in [-0.05, 0) is 25.0 Å². The molecule has 3 nitrogen and oxygen atoms in total. The van der Waals surface area contributed by atoms with Crippen LogP contribution in [0.5, 0.6) is 0 Å². The first-order chi connectivity index (χ1) is 8.84. The molecule has 3 heteroatoms. The van der Waals surface area contributed by atoms with Crippen molar-refractivity contribution < 1.29 is 4.42 Å². The van der Waals surface area contributed by atoms with Crippen molar-refractivity contribution >= 4 is 5.69 Å². The van der Waals surface area contributed by atoms with E-state index in [-0.39, 0.29) is 5.63 Å². The summed E-state index contributed by atoms with van der Waals surface area (Å²) in [5, 5.41) is 0. The summed E-state index contributed by atoms with van der Waals surface area (Å²) >= 11 is 0. The van der Waals surface area contributed by atoms with Gasteiger partial charge in [0.15, 0.2) is 0 Å². The molecule has 1 aromatic carbocycles. The van der Waals surface area contributed by atoms with Gasteiger partial charge in [0, 0.05) is 18.7 Å². The van der Waals surface area contributed by atoms with Gasteiger partial charge >= 0.3 is 5.63 Å². The lowest BCUT2D eigenvalue weighted by atomic mass is 10.1. The van der Waals surface area contributed by atoms with Crippen LogP contribution < -0.4 is 10.5 Å². The van der Waals surface area contributed by atoms with Crippen LogP contribution in [-0.4, -0.2) is 13.1 Å². The predicted molar refractivity (Wildman–Crippen MR) is 71.9 cm³/mol. The molecule has 0 bridgehead atoms. The second-order valence-corrected chi connectivity index (χ2v) is 4.53. The summed E-state index contributed by atoms with van der Waals surface area (Å²) in [5.41, 5.74) is 1.38. The SMILES string of the molecule is O=c1oc(-c2ccccc2)ccc1N1CCCC1. The molecule has 18 heavy (non-hydrogen) atoms. The lowest BCUT2D eigenvalue weighted by Gasteiger charge is -2.15. The molecule has 2 heterocycles. The molecule has 0 amide bonds. The number of benzene rings is 1. The van der Waals surface area contributed by atoms with Crippen LogP contribution in [0.4, 0.5) is 5.69 Å². The highest BCUT2D eigenvalue weighted by atomic mass is 16.4. The molecule has 92 valence electrons. The Morgan fingerprint density at radius 2 is 1.67 bits per heavy atom. The van der Waals surface area contributed by atoms with Gasteiger partial charge in [0.05, 0.1) is 0 Å². The zero-order valence-electron chi connectivity index (χ0n) is 10.1. The van der Waals surface area contributed by atoms with Crippen molar-refractivity contribution in [2.45, 2.75) is 12.8 Å². The molecule has 1 aliphatic rings. The van der Waals surface area contributed by atoms with Crippen LogP contribution >= 0.6 is 0 Å². The van der Waals surface area contributed by atoms with Crippen LogP contribution in [0.25, 0.3) is 11.3 Å². The van der Waals surface area contributed by atoms with Gasteiger partial charge in [-0.15, -0.1) is 0 Å². The molecule has 0 aliphatic carbocycles. The Kier molecular flexibility index (Phi) is 2.89. The van der Waals surface area contributed by atoms with E-state index in [1.54, 1.807) is 0 Å². The smallest absolute Gasteiger partial charge is 0.360 e. The topological polar surface area (TPSA) is 33.5 Å². The molecular formula is C15H15NO2. The van der Waals surface area contributed by atoms with Gasteiger partial charge in [-0.2, -0.15) is 0 Å². The monoisotopic (exact) mass is 241 g/mol. The second kappa shape index (κ2) is 4.69. The zero-order chi connectivity index (χ0) is 12.4.